The zero-order valence-corrected chi connectivity index (χ0v) is 17.7. The second kappa shape index (κ2) is 10.1. The van der Waals surface area contributed by atoms with E-state index in [9.17, 15) is 20.1 Å². The summed E-state index contributed by atoms with van der Waals surface area (Å²) in [6.07, 6.45) is 0. The van der Waals surface area contributed by atoms with Crippen molar-refractivity contribution >= 4 is 35.9 Å². The Hall–Kier alpha value is -2.93. The quantitative estimate of drug-likeness (QED) is 0.321. The Kier molecular flexibility index (Phi) is 7.05. The van der Waals surface area contributed by atoms with Crippen molar-refractivity contribution in [2.24, 2.45) is 0 Å². The fourth-order valence-corrected chi connectivity index (χ4v) is 4.18. The summed E-state index contributed by atoms with van der Waals surface area (Å²) in [5, 5.41) is 41.6. The van der Waals surface area contributed by atoms with Crippen molar-refractivity contribution in [2.75, 3.05) is 0 Å². The first kappa shape index (κ1) is 22.3. The van der Waals surface area contributed by atoms with Gasteiger partial charge >= 0.3 is 14.2 Å². The standard InChI is InChI=1S/C25H25B2NO4/c29-26(30)24-14-5-2-9-21(24)17-28(18-22-10-3-6-15-25(22)27(31)32)16-20-12-7-11-19-8-1-4-13-23(19)20/h1-15,29-32H,16-18H2. The minimum Gasteiger partial charge on any atom is -0.423 e. The zero-order chi connectivity index (χ0) is 22.5. The van der Waals surface area contributed by atoms with Crippen LogP contribution >= 0.6 is 0 Å². The van der Waals surface area contributed by atoms with Gasteiger partial charge in [-0.2, -0.15) is 0 Å². The molecule has 0 aliphatic heterocycles. The molecular formula is C25H25B2NO4. The molecule has 0 heterocycles. The van der Waals surface area contributed by atoms with E-state index in [1.165, 1.54) is 0 Å². The zero-order valence-electron chi connectivity index (χ0n) is 17.7. The van der Waals surface area contributed by atoms with Crippen LogP contribution in [-0.2, 0) is 19.6 Å². The van der Waals surface area contributed by atoms with Crippen LogP contribution in [0.1, 0.15) is 16.7 Å². The largest absolute Gasteiger partial charge is 0.488 e. The van der Waals surface area contributed by atoms with E-state index in [4.69, 9.17) is 0 Å². The molecule has 0 aliphatic rings. The molecule has 0 radical (unpaired) electrons. The average Bonchev–Trinajstić information content (AvgIpc) is 2.80. The van der Waals surface area contributed by atoms with Gasteiger partial charge in [0.2, 0.25) is 0 Å². The van der Waals surface area contributed by atoms with E-state index in [2.05, 4.69) is 29.2 Å². The summed E-state index contributed by atoms with van der Waals surface area (Å²) in [7, 11) is -3.12. The Labute approximate surface area is 188 Å². The van der Waals surface area contributed by atoms with Gasteiger partial charge in [-0.25, -0.2) is 0 Å². The number of nitrogens with zero attached hydrogens (tertiary/aromatic N) is 1. The van der Waals surface area contributed by atoms with Gasteiger partial charge in [-0.1, -0.05) is 91.0 Å². The fraction of sp³-hybridized carbons (Fsp3) is 0.120. The lowest BCUT2D eigenvalue weighted by Crippen LogP contribution is -2.38. The molecule has 4 aromatic carbocycles. The molecule has 4 N–H and O–H groups in total. The van der Waals surface area contributed by atoms with Crippen LogP contribution in [0.15, 0.2) is 91.0 Å². The average molecular weight is 425 g/mol. The molecule has 4 aromatic rings. The highest BCUT2D eigenvalue weighted by atomic mass is 16.4. The maximum absolute atomic E-state index is 9.83. The molecule has 32 heavy (non-hydrogen) atoms. The predicted octanol–water partition coefficient (Wildman–Crippen LogP) is 1.40. The maximum Gasteiger partial charge on any atom is 0.488 e. The van der Waals surface area contributed by atoms with Crippen molar-refractivity contribution in [1.82, 2.24) is 4.90 Å². The minimum absolute atomic E-state index is 0.464. The lowest BCUT2D eigenvalue weighted by Gasteiger charge is -2.26. The van der Waals surface area contributed by atoms with Crippen LogP contribution in [-0.4, -0.2) is 39.2 Å². The summed E-state index contributed by atoms with van der Waals surface area (Å²) in [4.78, 5) is 2.17. The van der Waals surface area contributed by atoms with Gasteiger partial charge in [0.15, 0.2) is 0 Å². The lowest BCUT2D eigenvalue weighted by atomic mass is 9.76. The molecule has 0 amide bonds. The van der Waals surface area contributed by atoms with Crippen molar-refractivity contribution in [1.29, 1.82) is 0 Å². The first-order valence-electron chi connectivity index (χ1n) is 10.6. The van der Waals surface area contributed by atoms with Gasteiger partial charge in [0, 0.05) is 19.6 Å². The van der Waals surface area contributed by atoms with Crippen LogP contribution < -0.4 is 10.9 Å². The third-order valence-electron chi connectivity index (χ3n) is 5.73. The van der Waals surface area contributed by atoms with Crippen molar-refractivity contribution < 1.29 is 20.1 Å². The van der Waals surface area contributed by atoms with Gasteiger partial charge in [0.05, 0.1) is 0 Å². The second-order valence-corrected chi connectivity index (χ2v) is 7.93. The second-order valence-electron chi connectivity index (χ2n) is 7.93. The van der Waals surface area contributed by atoms with E-state index < -0.39 is 14.2 Å². The molecule has 0 aromatic heterocycles. The SMILES string of the molecule is OB(O)c1ccccc1CN(Cc1ccccc1B(O)O)Cc1cccc2ccccc12. The molecule has 4 rings (SSSR count). The van der Waals surface area contributed by atoms with E-state index in [-0.39, 0.29) is 0 Å². The van der Waals surface area contributed by atoms with Crippen LogP contribution in [0.25, 0.3) is 10.8 Å². The molecule has 0 atom stereocenters. The monoisotopic (exact) mass is 425 g/mol. The smallest absolute Gasteiger partial charge is 0.423 e. The molecule has 0 aliphatic carbocycles. The van der Waals surface area contributed by atoms with Crippen molar-refractivity contribution in [3.8, 4) is 0 Å². The van der Waals surface area contributed by atoms with Gasteiger partial charge in [-0.15, -0.1) is 0 Å². The molecule has 5 nitrogen and oxygen atoms in total. The van der Waals surface area contributed by atoms with Gasteiger partial charge in [0.25, 0.3) is 0 Å². The number of fused-ring (bicyclic) bond motifs is 1. The highest BCUT2D eigenvalue weighted by Gasteiger charge is 2.21. The Morgan fingerprint density at radius 3 is 1.53 bits per heavy atom. The van der Waals surface area contributed by atoms with Crippen LogP contribution in [0.4, 0.5) is 0 Å². The van der Waals surface area contributed by atoms with E-state index in [0.29, 0.717) is 30.6 Å². The fourth-order valence-electron chi connectivity index (χ4n) is 4.18. The summed E-state index contributed by atoms with van der Waals surface area (Å²) in [6, 6.07) is 28.9. The Balaban J connectivity index is 1.71. The van der Waals surface area contributed by atoms with E-state index in [1.807, 2.05) is 42.5 Å². The van der Waals surface area contributed by atoms with E-state index >= 15 is 0 Å². The molecule has 0 unspecified atom stereocenters. The summed E-state index contributed by atoms with van der Waals surface area (Å²) in [6.45, 7) is 1.53. The summed E-state index contributed by atoms with van der Waals surface area (Å²) in [5.41, 5.74) is 3.69. The minimum atomic E-state index is -1.56. The topological polar surface area (TPSA) is 84.2 Å². The normalized spacial score (nSPS) is 11.2. The number of hydrogen-bond acceptors (Lipinski definition) is 5. The molecular weight excluding hydrogens is 400 g/mol. The van der Waals surface area contributed by atoms with Crippen molar-refractivity contribution in [2.45, 2.75) is 19.6 Å². The summed E-state index contributed by atoms with van der Waals surface area (Å²) >= 11 is 0. The Morgan fingerprint density at radius 2 is 0.938 bits per heavy atom. The molecule has 0 saturated heterocycles. The lowest BCUT2D eigenvalue weighted by molar-refractivity contribution is 0.249. The van der Waals surface area contributed by atoms with Gasteiger partial charge in [-0.3, -0.25) is 4.90 Å². The van der Waals surface area contributed by atoms with Crippen molar-refractivity contribution in [3.05, 3.63) is 108 Å². The van der Waals surface area contributed by atoms with Gasteiger partial charge < -0.3 is 20.1 Å². The first-order chi connectivity index (χ1) is 15.5. The van der Waals surface area contributed by atoms with Crippen LogP contribution in [0, 0.1) is 0 Å². The first-order valence-corrected chi connectivity index (χ1v) is 10.6. The molecule has 160 valence electrons. The van der Waals surface area contributed by atoms with E-state index in [0.717, 1.165) is 27.5 Å². The third-order valence-corrected chi connectivity index (χ3v) is 5.73. The van der Waals surface area contributed by atoms with Gasteiger partial charge in [-0.05, 0) is 38.4 Å². The Bertz CT molecular complexity index is 1140. The molecule has 0 saturated carbocycles. The van der Waals surface area contributed by atoms with Gasteiger partial charge in [0.1, 0.15) is 0 Å². The van der Waals surface area contributed by atoms with Crippen LogP contribution in [0.3, 0.4) is 0 Å². The van der Waals surface area contributed by atoms with Crippen LogP contribution in [0.5, 0.6) is 0 Å². The molecule has 0 fully saturated rings. The third kappa shape index (κ3) is 5.10. The highest BCUT2D eigenvalue weighted by Crippen LogP contribution is 2.22. The number of rotatable bonds is 8. The maximum atomic E-state index is 9.83. The predicted molar refractivity (Wildman–Crippen MR) is 129 cm³/mol. The number of benzene rings is 4. The Morgan fingerprint density at radius 1 is 0.500 bits per heavy atom. The highest BCUT2D eigenvalue weighted by molar-refractivity contribution is 6.59. The molecule has 0 spiro atoms. The molecule has 7 heteroatoms. The van der Waals surface area contributed by atoms with Crippen molar-refractivity contribution in [3.63, 3.8) is 0 Å². The van der Waals surface area contributed by atoms with Crippen LogP contribution in [0.2, 0.25) is 0 Å². The summed E-state index contributed by atoms with van der Waals surface area (Å²) in [5.74, 6) is 0. The van der Waals surface area contributed by atoms with E-state index in [1.54, 1.807) is 24.3 Å². The summed E-state index contributed by atoms with van der Waals surface area (Å²) < 4.78 is 0. The number of hydrogen-bond donors (Lipinski definition) is 4. The molecule has 0 bridgehead atoms.